The van der Waals surface area contributed by atoms with Crippen LogP contribution in [-0.2, 0) is 14.7 Å². The molecular formula is C13H20NO5P. The summed E-state index contributed by atoms with van der Waals surface area (Å²) in [6.45, 7) is 6.97. The van der Waals surface area contributed by atoms with Gasteiger partial charge in [0.15, 0.2) is 0 Å². The number of nitrogens with two attached hydrogens (primary N) is 1. The van der Waals surface area contributed by atoms with Gasteiger partial charge in [0.2, 0.25) is 0 Å². The van der Waals surface area contributed by atoms with Gasteiger partial charge >= 0.3 is 13.7 Å². The van der Waals surface area contributed by atoms with Crippen molar-refractivity contribution in [2.45, 2.75) is 33.1 Å². The van der Waals surface area contributed by atoms with Crippen LogP contribution in [0.4, 0.5) is 4.79 Å². The number of carbonyl (C=O) groups is 1. The molecule has 0 unspecified atom stereocenters. The van der Waals surface area contributed by atoms with Crippen LogP contribution in [-0.4, -0.2) is 22.5 Å². The van der Waals surface area contributed by atoms with Gasteiger partial charge in [-0.15, -0.1) is 0 Å². The highest BCUT2D eigenvalue weighted by molar-refractivity contribution is 7.60. The van der Waals surface area contributed by atoms with Gasteiger partial charge < -0.3 is 20.3 Å². The van der Waals surface area contributed by atoms with Crippen LogP contribution in [0.15, 0.2) is 12.1 Å². The Morgan fingerprint density at radius 1 is 1.35 bits per heavy atom. The van der Waals surface area contributed by atoms with Crippen LogP contribution in [0, 0.1) is 13.8 Å². The molecule has 0 atom stereocenters. The van der Waals surface area contributed by atoms with Crippen molar-refractivity contribution < 1.29 is 23.9 Å². The standard InChI is InChI=1S/C13H20NO5P/c1-8-5-9(2)11(10(6-8)20(16,17)18)13(3,4)7-19-12(14)15/h5-6H,7H2,1-4H3,(H2,14,15)(H2,16,17,18). The van der Waals surface area contributed by atoms with Crippen molar-refractivity contribution >= 4 is 19.0 Å². The molecule has 1 rings (SSSR count). The highest BCUT2D eigenvalue weighted by Crippen LogP contribution is 2.40. The fourth-order valence-electron chi connectivity index (χ4n) is 2.38. The first-order valence-corrected chi connectivity index (χ1v) is 7.66. The van der Waals surface area contributed by atoms with Crippen molar-refractivity contribution in [3.63, 3.8) is 0 Å². The minimum Gasteiger partial charge on any atom is -0.449 e. The molecule has 0 fully saturated rings. The van der Waals surface area contributed by atoms with Crippen LogP contribution in [0.2, 0.25) is 0 Å². The predicted molar refractivity (Wildman–Crippen MR) is 76.2 cm³/mol. The van der Waals surface area contributed by atoms with Crippen LogP contribution in [0.5, 0.6) is 0 Å². The Morgan fingerprint density at radius 3 is 2.35 bits per heavy atom. The number of hydrogen-bond acceptors (Lipinski definition) is 3. The Balaban J connectivity index is 3.43. The van der Waals surface area contributed by atoms with E-state index in [4.69, 9.17) is 10.5 Å². The smallest absolute Gasteiger partial charge is 0.404 e. The van der Waals surface area contributed by atoms with Crippen molar-refractivity contribution in [2.24, 2.45) is 5.73 Å². The molecule has 0 radical (unpaired) electrons. The zero-order valence-corrected chi connectivity index (χ0v) is 12.9. The second-order valence-electron chi connectivity index (χ2n) is 5.51. The summed E-state index contributed by atoms with van der Waals surface area (Å²) in [6, 6.07) is 3.30. The number of benzene rings is 1. The van der Waals surface area contributed by atoms with E-state index in [0.717, 1.165) is 11.1 Å². The van der Waals surface area contributed by atoms with Crippen molar-refractivity contribution in [2.75, 3.05) is 6.61 Å². The lowest BCUT2D eigenvalue weighted by atomic mass is 9.82. The van der Waals surface area contributed by atoms with Gasteiger partial charge in [-0.1, -0.05) is 19.9 Å². The van der Waals surface area contributed by atoms with E-state index in [-0.39, 0.29) is 11.9 Å². The minimum absolute atomic E-state index is 0.0342. The number of rotatable bonds is 4. The molecular weight excluding hydrogens is 281 g/mol. The van der Waals surface area contributed by atoms with Crippen LogP contribution in [0.1, 0.15) is 30.5 Å². The molecule has 1 amide bonds. The van der Waals surface area contributed by atoms with Crippen molar-refractivity contribution in [3.8, 4) is 0 Å². The Bertz CT molecular complexity index is 576. The normalized spacial score (nSPS) is 12.3. The van der Waals surface area contributed by atoms with Crippen LogP contribution >= 0.6 is 7.60 Å². The summed E-state index contributed by atoms with van der Waals surface area (Å²) in [4.78, 5) is 29.8. The van der Waals surface area contributed by atoms with E-state index >= 15 is 0 Å². The molecule has 4 N–H and O–H groups in total. The third kappa shape index (κ3) is 3.82. The number of aryl methyl sites for hydroxylation is 2. The van der Waals surface area contributed by atoms with E-state index in [1.807, 2.05) is 6.07 Å². The first-order valence-electron chi connectivity index (χ1n) is 6.05. The molecule has 0 spiro atoms. The lowest BCUT2D eigenvalue weighted by molar-refractivity contribution is 0.133. The molecule has 0 saturated heterocycles. The van der Waals surface area contributed by atoms with Crippen molar-refractivity contribution in [1.82, 2.24) is 0 Å². The second-order valence-corrected chi connectivity index (χ2v) is 7.08. The molecule has 112 valence electrons. The summed E-state index contributed by atoms with van der Waals surface area (Å²) in [5.41, 5.74) is 6.17. The third-order valence-electron chi connectivity index (χ3n) is 3.02. The third-order valence-corrected chi connectivity index (χ3v) is 4.01. The Morgan fingerprint density at radius 2 is 1.90 bits per heavy atom. The van der Waals surface area contributed by atoms with E-state index in [1.165, 1.54) is 6.07 Å². The fraction of sp³-hybridized carbons (Fsp3) is 0.462. The molecule has 0 heterocycles. The van der Waals surface area contributed by atoms with E-state index in [2.05, 4.69) is 0 Å². The molecule has 0 aliphatic carbocycles. The molecule has 0 aliphatic heterocycles. The number of carbonyl (C=O) groups excluding carboxylic acids is 1. The number of primary amides is 1. The number of ether oxygens (including phenoxy) is 1. The number of hydrogen-bond donors (Lipinski definition) is 3. The summed E-state index contributed by atoms with van der Waals surface area (Å²) in [5.74, 6) is 0. The topological polar surface area (TPSA) is 110 Å². The monoisotopic (exact) mass is 301 g/mol. The van der Waals surface area contributed by atoms with Gasteiger partial charge in [-0.3, -0.25) is 4.57 Å². The van der Waals surface area contributed by atoms with Crippen LogP contribution in [0.25, 0.3) is 0 Å². The van der Waals surface area contributed by atoms with Gasteiger partial charge in [0.05, 0.1) is 5.30 Å². The molecule has 7 heteroatoms. The van der Waals surface area contributed by atoms with Crippen LogP contribution in [0.3, 0.4) is 0 Å². The van der Waals surface area contributed by atoms with E-state index in [9.17, 15) is 19.1 Å². The molecule has 0 aliphatic rings. The Labute approximate surface area is 118 Å². The van der Waals surface area contributed by atoms with E-state index in [0.29, 0.717) is 5.56 Å². The van der Waals surface area contributed by atoms with Gasteiger partial charge in [0.1, 0.15) is 6.61 Å². The average molecular weight is 301 g/mol. The second kappa shape index (κ2) is 5.56. The maximum Gasteiger partial charge on any atom is 0.404 e. The molecule has 0 aromatic heterocycles. The summed E-state index contributed by atoms with van der Waals surface area (Å²) < 4.78 is 16.5. The summed E-state index contributed by atoms with van der Waals surface area (Å²) in [7, 11) is -4.43. The number of amides is 1. The van der Waals surface area contributed by atoms with Gasteiger partial charge in [0, 0.05) is 5.41 Å². The molecule has 6 nitrogen and oxygen atoms in total. The van der Waals surface area contributed by atoms with Crippen molar-refractivity contribution in [3.05, 3.63) is 28.8 Å². The lowest BCUT2D eigenvalue weighted by Crippen LogP contribution is -2.34. The quantitative estimate of drug-likeness (QED) is 0.730. The zero-order chi connectivity index (χ0) is 15.7. The highest BCUT2D eigenvalue weighted by Gasteiger charge is 2.33. The van der Waals surface area contributed by atoms with E-state index in [1.54, 1.807) is 27.7 Å². The summed E-state index contributed by atoms with van der Waals surface area (Å²) >= 11 is 0. The summed E-state index contributed by atoms with van der Waals surface area (Å²) in [6.07, 6.45) is -0.916. The Hall–Kier alpha value is -1.36. The lowest BCUT2D eigenvalue weighted by Gasteiger charge is -2.29. The molecule has 0 saturated carbocycles. The fourth-order valence-corrected chi connectivity index (χ4v) is 3.52. The van der Waals surface area contributed by atoms with Gasteiger partial charge in [-0.05, 0) is 36.6 Å². The first kappa shape index (κ1) is 16.7. The molecule has 1 aromatic carbocycles. The molecule has 0 bridgehead atoms. The molecule has 1 aromatic rings. The first-order chi connectivity index (χ1) is 8.95. The zero-order valence-electron chi connectivity index (χ0n) is 12.0. The van der Waals surface area contributed by atoms with Gasteiger partial charge in [-0.25, -0.2) is 4.79 Å². The minimum atomic E-state index is -4.43. The highest BCUT2D eigenvalue weighted by atomic mass is 31.2. The largest absolute Gasteiger partial charge is 0.449 e. The molecule has 20 heavy (non-hydrogen) atoms. The van der Waals surface area contributed by atoms with Crippen LogP contribution < -0.4 is 11.0 Å². The Kier molecular flexibility index (Phi) is 4.64. The van der Waals surface area contributed by atoms with E-state index < -0.39 is 19.1 Å². The van der Waals surface area contributed by atoms with Gasteiger partial charge in [-0.2, -0.15) is 0 Å². The predicted octanol–water partition coefficient (Wildman–Crippen LogP) is 1.48. The maximum atomic E-state index is 11.7. The van der Waals surface area contributed by atoms with Gasteiger partial charge in [0.25, 0.3) is 0 Å². The maximum absolute atomic E-state index is 11.7. The summed E-state index contributed by atoms with van der Waals surface area (Å²) in [5, 5.41) is -0.0342. The average Bonchev–Trinajstić information content (AvgIpc) is 2.23. The van der Waals surface area contributed by atoms with Crippen molar-refractivity contribution in [1.29, 1.82) is 0 Å². The SMILES string of the molecule is Cc1cc(C)c(C(C)(C)COC(N)=O)c(P(=O)(O)O)c1.